The first-order valence-corrected chi connectivity index (χ1v) is 10.2. The number of hydrogen-bond acceptors (Lipinski definition) is 4. The Morgan fingerprint density at radius 3 is 2.74 bits per heavy atom. The Morgan fingerprint density at radius 2 is 2.07 bits per heavy atom. The summed E-state index contributed by atoms with van der Waals surface area (Å²) in [6.45, 7) is 2.67. The molecule has 0 saturated heterocycles. The predicted octanol–water partition coefficient (Wildman–Crippen LogP) is 3.26. The predicted molar refractivity (Wildman–Crippen MR) is 108 cm³/mol. The molecule has 3 aromatic rings. The first-order valence-electron chi connectivity index (χ1n) is 9.41. The van der Waals surface area contributed by atoms with Crippen LogP contribution in [0.5, 0.6) is 0 Å². The van der Waals surface area contributed by atoms with Crippen LogP contribution in [-0.4, -0.2) is 22.0 Å². The molecule has 1 fully saturated rings. The number of fused-ring (bicyclic) bond motifs is 1. The molecule has 1 aliphatic rings. The number of aromatic nitrogens is 2. The van der Waals surface area contributed by atoms with Gasteiger partial charge in [0.2, 0.25) is 5.91 Å². The zero-order valence-corrected chi connectivity index (χ0v) is 16.2. The van der Waals surface area contributed by atoms with Gasteiger partial charge in [0, 0.05) is 16.8 Å². The number of aryl methyl sites for hydroxylation is 1. The highest BCUT2D eigenvalue weighted by atomic mass is 32.1. The normalized spacial score (nSPS) is 15.4. The molecule has 6 heteroatoms. The molecule has 4 rings (SSSR count). The van der Waals surface area contributed by atoms with E-state index in [2.05, 4.69) is 29.4 Å². The molecule has 27 heavy (non-hydrogen) atoms. The van der Waals surface area contributed by atoms with Gasteiger partial charge in [-0.1, -0.05) is 43.7 Å². The SMILES string of the molecule is CCc1cc2c(=O)n(CC(=O)NCC3(c4ccccc4)CCC3)cnc2s1. The Morgan fingerprint density at radius 1 is 1.30 bits per heavy atom. The molecule has 1 N–H and O–H groups in total. The summed E-state index contributed by atoms with van der Waals surface area (Å²) in [6.07, 6.45) is 5.71. The van der Waals surface area contributed by atoms with E-state index in [1.807, 2.05) is 24.3 Å². The lowest BCUT2D eigenvalue weighted by atomic mass is 9.64. The summed E-state index contributed by atoms with van der Waals surface area (Å²) < 4.78 is 1.40. The van der Waals surface area contributed by atoms with Crippen molar-refractivity contribution in [3.8, 4) is 0 Å². The molecule has 1 amide bonds. The maximum absolute atomic E-state index is 12.6. The summed E-state index contributed by atoms with van der Waals surface area (Å²) in [4.78, 5) is 31.3. The van der Waals surface area contributed by atoms with Gasteiger partial charge in [-0.25, -0.2) is 4.98 Å². The topological polar surface area (TPSA) is 64.0 Å². The quantitative estimate of drug-likeness (QED) is 0.713. The Hall–Kier alpha value is -2.47. The lowest BCUT2D eigenvalue weighted by Gasteiger charge is -2.42. The molecule has 140 valence electrons. The summed E-state index contributed by atoms with van der Waals surface area (Å²) in [7, 11) is 0. The fourth-order valence-corrected chi connectivity index (χ4v) is 4.66. The number of nitrogens with one attached hydrogen (secondary N) is 1. The van der Waals surface area contributed by atoms with Crippen LogP contribution in [0.1, 0.15) is 36.6 Å². The lowest BCUT2D eigenvalue weighted by molar-refractivity contribution is -0.122. The smallest absolute Gasteiger partial charge is 0.262 e. The molecule has 5 nitrogen and oxygen atoms in total. The van der Waals surface area contributed by atoms with Crippen molar-refractivity contribution in [2.45, 2.75) is 44.6 Å². The Kier molecular flexibility index (Phi) is 4.83. The molecule has 2 heterocycles. The van der Waals surface area contributed by atoms with E-state index >= 15 is 0 Å². The van der Waals surface area contributed by atoms with Crippen molar-refractivity contribution in [1.29, 1.82) is 0 Å². The number of amides is 1. The van der Waals surface area contributed by atoms with Crippen LogP contribution < -0.4 is 10.9 Å². The summed E-state index contributed by atoms with van der Waals surface area (Å²) >= 11 is 1.54. The summed E-state index contributed by atoms with van der Waals surface area (Å²) in [5.74, 6) is -0.147. The van der Waals surface area contributed by atoms with Crippen LogP contribution in [0.2, 0.25) is 0 Å². The van der Waals surface area contributed by atoms with E-state index in [1.54, 1.807) is 0 Å². The lowest BCUT2D eigenvalue weighted by Crippen LogP contribution is -2.46. The van der Waals surface area contributed by atoms with Crippen molar-refractivity contribution < 1.29 is 4.79 Å². The molecule has 0 radical (unpaired) electrons. The molecule has 0 bridgehead atoms. The fourth-order valence-electron chi connectivity index (χ4n) is 3.74. The zero-order valence-electron chi connectivity index (χ0n) is 15.4. The highest BCUT2D eigenvalue weighted by molar-refractivity contribution is 7.18. The first kappa shape index (κ1) is 17.9. The van der Waals surface area contributed by atoms with Gasteiger partial charge in [0.1, 0.15) is 11.4 Å². The summed E-state index contributed by atoms with van der Waals surface area (Å²) in [5.41, 5.74) is 1.17. The average molecular weight is 382 g/mol. The van der Waals surface area contributed by atoms with Crippen molar-refractivity contribution in [2.24, 2.45) is 0 Å². The second-order valence-corrected chi connectivity index (χ2v) is 8.35. The third-order valence-electron chi connectivity index (χ3n) is 5.55. The monoisotopic (exact) mass is 381 g/mol. The number of nitrogens with zero attached hydrogens (tertiary/aromatic N) is 2. The standard InChI is InChI=1S/C21H23N3O2S/c1-2-16-11-17-19(27-16)23-14-24(20(17)26)12-18(25)22-13-21(9-6-10-21)15-7-4-3-5-8-15/h3-5,7-8,11,14H,2,6,9-10,12-13H2,1H3,(H,22,25). The largest absolute Gasteiger partial charge is 0.354 e. The van der Waals surface area contributed by atoms with Gasteiger partial charge in [-0.2, -0.15) is 0 Å². The van der Waals surface area contributed by atoms with Crippen LogP contribution in [0.25, 0.3) is 10.2 Å². The maximum atomic E-state index is 12.6. The summed E-state index contributed by atoms with van der Waals surface area (Å²) in [5, 5.41) is 3.64. The van der Waals surface area contributed by atoms with E-state index in [1.165, 1.54) is 34.2 Å². The van der Waals surface area contributed by atoms with Gasteiger partial charge in [0.15, 0.2) is 0 Å². The van der Waals surface area contributed by atoms with E-state index < -0.39 is 0 Å². The van der Waals surface area contributed by atoms with Gasteiger partial charge < -0.3 is 5.32 Å². The average Bonchev–Trinajstić information content (AvgIpc) is 3.08. The minimum atomic E-state index is -0.147. The number of carbonyl (C=O) groups is 1. The van der Waals surface area contributed by atoms with Crippen LogP contribution in [0.15, 0.2) is 47.5 Å². The molecule has 0 unspecified atom stereocenters. The zero-order chi connectivity index (χ0) is 18.9. The molecular weight excluding hydrogens is 358 g/mol. The third kappa shape index (κ3) is 3.41. The molecular formula is C21H23N3O2S. The second kappa shape index (κ2) is 7.27. The molecule has 1 aromatic carbocycles. The van der Waals surface area contributed by atoms with Crippen LogP contribution in [0.4, 0.5) is 0 Å². The van der Waals surface area contributed by atoms with Gasteiger partial charge in [-0.3, -0.25) is 14.2 Å². The Balaban J connectivity index is 1.46. The number of thiophene rings is 1. The van der Waals surface area contributed by atoms with Crippen molar-refractivity contribution in [3.63, 3.8) is 0 Å². The van der Waals surface area contributed by atoms with E-state index in [9.17, 15) is 9.59 Å². The fraction of sp³-hybridized carbons (Fsp3) is 0.381. The van der Waals surface area contributed by atoms with E-state index in [4.69, 9.17) is 0 Å². The Bertz CT molecular complexity index is 1020. The molecule has 0 aliphatic heterocycles. The Labute approximate surface area is 162 Å². The van der Waals surface area contributed by atoms with Crippen molar-refractivity contribution in [2.75, 3.05) is 6.54 Å². The van der Waals surface area contributed by atoms with Crippen LogP contribution in [0.3, 0.4) is 0 Å². The van der Waals surface area contributed by atoms with Crippen LogP contribution in [-0.2, 0) is 23.2 Å². The highest BCUT2D eigenvalue weighted by Gasteiger charge is 2.38. The highest BCUT2D eigenvalue weighted by Crippen LogP contribution is 2.43. The van der Waals surface area contributed by atoms with E-state index in [-0.39, 0.29) is 23.4 Å². The van der Waals surface area contributed by atoms with Crippen LogP contribution >= 0.6 is 11.3 Å². The molecule has 0 atom stereocenters. The van der Waals surface area contributed by atoms with Crippen LogP contribution in [0, 0.1) is 0 Å². The maximum Gasteiger partial charge on any atom is 0.262 e. The molecule has 0 spiro atoms. The van der Waals surface area contributed by atoms with Gasteiger partial charge in [0.05, 0.1) is 11.7 Å². The van der Waals surface area contributed by atoms with Gasteiger partial charge in [0.25, 0.3) is 5.56 Å². The minimum absolute atomic E-state index is 0.00392. The van der Waals surface area contributed by atoms with Gasteiger partial charge in [-0.15, -0.1) is 11.3 Å². The van der Waals surface area contributed by atoms with E-state index in [0.29, 0.717) is 11.9 Å². The van der Waals surface area contributed by atoms with E-state index in [0.717, 1.165) is 29.0 Å². The van der Waals surface area contributed by atoms with Gasteiger partial charge in [-0.05, 0) is 30.9 Å². The number of carbonyl (C=O) groups excluding carboxylic acids is 1. The minimum Gasteiger partial charge on any atom is -0.354 e. The second-order valence-electron chi connectivity index (χ2n) is 7.24. The number of benzene rings is 1. The third-order valence-corrected chi connectivity index (χ3v) is 6.74. The van der Waals surface area contributed by atoms with Crippen molar-refractivity contribution in [3.05, 3.63) is 63.5 Å². The number of hydrogen-bond donors (Lipinski definition) is 1. The summed E-state index contributed by atoms with van der Waals surface area (Å²) in [6, 6.07) is 12.3. The molecule has 1 saturated carbocycles. The molecule has 2 aromatic heterocycles. The molecule has 1 aliphatic carbocycles. The number of rotatable bonds is 6. The van der Waals surface area contributed by atoms with Crippen molar-refractivity contribution in [1.82, 2.24) is 14.9 Å². The first-order chi connectivity index (χ1) is 13.1. The van der Waals surface area contributed by atoms with Crippen molar-refractivity contribution >= 4 is 27.5 Å². The van der Waals surface area contributed by atoms with Gasteiger partial charge >= 0.3 is 0 Å².